The summed E-state index contributed by atoms with van der Waals surface area (Å²) in [4.78, 5) is 11.5. The van der Waals surface area contributed by atoms with E-state index in [1.807, 2.05) is 48.9 Å². The summed E-state index contributed by atoms with van der Waals surface area (Å²) < 4.78 is 0. The van der Waals surface area contributed by atoms with Gasteiger partial charge in [0.2, 0.25) is 0 Å². The van der Waals surface area contributed by atoms with E-state index >= 15 is 0 Å². The number of H-pyrrole nitrogens is 1. The van der Waals surface area contributed by atoms with Gasteiger partial charge in [0.15, 0.2) is 5.82 Å². The number of likely N-dealkylation sites (tertiary alicyclic amines) is 1. The first kappa shape index (κ1) is 15.0. The van der Waals surface area contributed by atoms with Gasteiger partial charge in [-0.1, -0.05) is 30.3 Å². The van der Waals surface area contributed by atoms with E-state index in [-0.39, 0.29) is 0 Å². The lowest BCUT2D eigenvalue weighted by Crippen LogP contribution is -2.20. The summed E-state index contributed by atoms with van der Waals surface area (Å²) >= 11 is 0. The molecule has 122 valence electrons. The maximum atomic E-state index is 4.52. The number of aryl methyl sites for hydroxylation is 1. The molecule has 0 unspecified atom stereocenters. The molecule has 5 heteroatoms. The second-order valence-corrected chi connectivity index (χ2v) is 6.47. The van der Waals surface area contributed by atoms with Gasteiger partial charge in [-0.05, 0) is 25.5 Å². The first-order chi connectivity index (χ1) is 11.8. The highest BCUT2D eigenvalue weighted by atomic mass is 15.2. The summed E-state index contributed by atoms with van der Waals surface area (Å²) in [6.07, 6.45) is 6.98. The summed E-state index contributed by atoms with van der Waals surface area (Å²) in [5.41, 5.74) is 4.77. The van der Waals surface area contributed by atoms with Crippen LogP contribution < -0.4 is 0 Å². The second-order valence-electron chi connectivity index (χ2n) is 6.47. The molecule has 1 aromatic carbocycles. The van der Waals surface area contributed by atoms with Crippen LogP contribution in [0.3, 0.4) is 0 Å². The van der Waals surface area contributed by atoms with Crippen LogP contribution in [0.4, 0.5) is 0 Å². The van der Waals surface area contributed by atoms with Crippen LogP contribution >= 0.6 is 0 Å². The summed E-state index contributed by atoms with van der Waals surface area (Å²) in [5.74, 6) is 1.34. The number of aromatic amines is 1. The average Bonchev–Trinajstić information content (AvgIpc) is 3.25. The van der Waals surface area contributed by atoms with Crippen LogP contribution in [0.1, 0.15) is 29.2 Å². The molecule has 1 atom stereocenters. The van der Waals surface area contributed by atoms with E-state index in [0.29, 0.717) is 5.92 Å². The normalized spacial score (nSPS) is 18.1. The average molecular weight is 319 g/mol. The molecule has 3 heterocycles. The van der Waals surface area contributed by atoms with E-state index in [1.165, 1.54) is 17.7 Å². The van der Waals surface area contributed by atoms with Crippen molar-refractivity contribution >= 4 is 0 Å². The highest BCUT2D eigenvalue weighted by Gasteiger charge is 2.26. The molecule has 0 radical (unpaired) electrons. The van der Waals surface area contributed by atoms with E-state index in [4.69, 9.17) is 0 Å². The second kappa shape index (κ2) is 6.53. The minimum absolute atomic E-state index is 0.553. The fraction of sp³-hybridized carbons (Fsp3) is 0.316. The Morgan fingerprint density at radius 2 is 1.92 bits per heavy atom. The SMILES string of the molecule is Cc1cn[nH]c1[C@@H]1CCN(Cc2cnc(-c3ccccc3)nc2)C1. The zero-order chi connectivity index (χ0) is 16.4. The predicted molar refractivity (Wildman–Crippen MR) is 93.4 cm³/mol. The van der Waals surface area contributed by atoms with E-state index in [1.54, 1.807) is 0 Å². The third-order valence-electron chi connectivity index (χ3n) is 4.69. The number of nitrogens with zero attached hydrogens (tertiary/aromatic N) is 4. The van der Waals surface area contributed by atoms with Gasteiger partial charge in [0.25, 0.3) is 0 Å². The molecular weight excluding hydrogens is 298 g/mol. The van der Waals surface area contributed by atoms with Crippen molar-refractivity contribution < 1.29 is 0 Å². The number of aromatic nitrogens is 4. The maximum Gasteiger partial charge on any atom is 0.159 e. The van der Waals surface area contributed by atoms with Crippen LogP contribution in [-0.4, -0.2) is 38.2 Å². The highest BCUT2D eigenvalue weighted by molar-refractivity contribution is 5.53. The quantitative estimate of drug-likeness (QED) is 0.802. The van der Waals surface area contributed by atoms with E-state index in [0.717, 1.165) is 36.6 Å². The molecule has 2 aromatic heterocycles. The fourth-order valence-corrected chi connectivity index (χ4v) is 3.41. The van der Waals surface area contributed by atoms with E-state index < -0.39 is 0 Å². The molecule has 24 heavy (non-hydrogen) atoms. The molecule has 3 aromatic rings. The van der Waals surface area contributed by atoms with Crippen molar-refractivity contribution in [3.63, 3.8) is 0 Å². The molecule has 4 rings (SSSR count). The van der Waals surface area contributed by atoms with E-state index in [9.17, 15) is 0 Å². The molecular formula is C19H21N5. The Kier molecular flexibility index (Phi) is 4.09. The molecule has 0 spiro atoms. The third kappa shape index (κ3) is 3.08. The lowest BCUT2D eigenvalue weighted by molar-refractivity contribution is 0.325. The monoisotopic (exact) mass is 319 g/mol. The van der Waals surface area contributed by atoms with Gasteiger partial charge in [0.05, 0.1) is 6.20 Å². The first-order valence-electron chi connectivity index (χ1n) is 8.38. The van der Waals surface area contributed by atoms with Crippen LogP contribution in [0.15, 0.2) is 48.9 Å². The molecule has 1 saturated heterocycles. The zero-order valence-electron chi connectivity index (χ0n) is 13.8. The van der Waals surface area contributed by atoms with Gasteiger partial charge in [-0.3, -0.25) is 10.00 Å². The Balaban J connectivity index is 1.40. The minimum Gasteiger partial charge on any atom is -0.298 e. The van der Waals surface area contributed by atoms with Gasteiger partial charge < -0.3 is 0 Å². The van der Waals surface area contributed by atoms with Crippen LogP contribution in [0, 0.1) is 6.92 Å². The van der Waals surface area contributed by atoms with Gasteiger partial charge >= 0.3 is 0 Å². The van der Waals surface area contributed by atoms with Gasteiger partial charge in [0, 0.05) is 48.2 Å². The predicted octanol–water partition coefficient (Wildman–Crippen LogP) is 3.16. The van der Waals surface area contributed by atoms with Gasteiger partial charge in [-0.25, -0.2) is 9.97 Å². The largest absolute Gasteiger partial charge is 0.298 e. The highest BCUT2D eigenvalue weighted by Crippen LogP contribution is 2.28. The lowest BCUT2D eigenvalue weighted by Gasteiger charge is -2.15. The van der Waals surface area contributed by atoms with Crippen molar-refractivity contribution in [2.24, 2.45) is 0 Å². The summed E-state index contributed by atoms with van der Waals surface area (Å²) in [6, 6.07) is 10.1. The van der Waals surface area contributed by atoms with Crippen molar-refractivity contribution in [3.8, 4) is 11.4 Å². The third-order valence-corrected chi connectivity index (χ3v) is 4.69. The van der Waals surface area contributed by atoms with Crippen molar-refractivity contribution in [2.45, 2.75) is 25.8 Å². The Morgan fingerprint density at radius 3 is 2.62 bits per heavy atom. The van der Waals surface area contributed by atoms with Crippen LogP contribution in [-0.2, 0) is 6.54 Å². The van der Waals surface area contributed by atoms with Gasteiger partial charge in [0.1, 0.15) is 0 Å². The van der Waals surface area contributed by atoms with Crippen LogP contribution in [0.25, 0.3) is 11.4 Å². The molecule has 5 nitrogen and oxygen atoms in total. The number of nitrogens with one attached hydrogen (secondary N) is 1. The molecule has 1 aliphatic rings. The molecule has 0 bridgehead atoms. The van der Waals surface area contributed by atoms with Gasteiger partial charge in [-0.15, -0.1) is 0 Å². The molecule has 1 aliphatic heterocycles. The number of benzene rings is 1. The number of rotatable bonds is 4. The van der Waals surface area contributed by atoms with Gasteiger partial charge in [-0.2, -0.15) is 5.10 Å². The standard InChI is InChI=1S/C19H21N5/c1-14-9-22-23-18(14)17-7-8-24(13-17)12-15-10-20-19(21-11-15)16-5-3-2-4-6-16/h2-6,9-11,17H,7-8,12-13H2,1H3,(H,22,23)/t17-/m1/s1. The molecule has 0 saturated carbocycles. The van der Waals surface area contributed by atoms with Crippen LogP contribution in [0.5, 0.6) is 0 Å². The summed E-state index contributed by atoms with van der Waals surface area (Å²) in [6.45, 7) is 5.18. The zero-order valence-corrected chi connectivity index (χ0v) is 13.8. The maximum absolute atomic E-state index is 4.52. The minimum atomic E-state index is 0.553. The summed E-state index contributed by atoms with van der Waals surface area (Å²) in [7, 11) is 0. The van der Waals surface area contributed by atoms with Crippen LogP contribution in [0.2, 0.25) is 0 Å². The lowest BCUT2D eigenvalue weighted by atomic mass is 10.0. The smallest absolute Gasteiger partial charge is 0.159 e. The molecule has 0 amide bonds. The number of hydrogen-bond acceptors (Lipinski definition) is 4. The first-order valence-corrected chi connectivity index (χ1v) is 8.38. The van der Waals surface area contributed by atoms with Crippen molar-refractivity contribution in [1.29, 1.82) is 0 Å². The Bertz CT molecular complexity index is 794. The molecule has 0 aliphatic carbocycles. The number of hydrogen-bond donors (Lipinski definition) is 1. The topological polar surface area (TPSA) is 57.7 Å². The van der Waals surface area contributed by atoms with E-state index in [2.05, 4.69) is 32.0 Å². The Labute approximate surface area is 141 Å². The van der Waals surface area contributed by atoms with Crippen molar-refractivity contribution in [3.05, 3.63) is 65.7 Å². The molecule has 1 fully saturated rings. The fourth-order valence-electron chi connectivity index (χ4n) is 3.41. The Hall–Kier alpha value is -2.53. The summed E-state index contributed by atoms with van der Waals surface area (Å²) in [5, 5.41) is 7.31. The van der Waals surface area contributed by atoms with Crippen molar-refractivity contribution in [1.82, 2.24) is 25.1 Å². The van der Waals surface area contributed by atoms with Crippen molar-refractivity contribution in [2.75, 3.05) is 13.1 Å². The molecule has 1 N–H and O–H groups in total. The Morgan fingerprint density at radius 1 is 1.12 bits per heavy atom.